The molecular weight excluding hydrogens is 126 g/mol. The summed E-state index contributed by atoms with van der Waals surface area (Å²) < 4.78 is 28.5. The molecule has 0 aromatic heterocycles. The van der Waals surface area contributed by atoms with Gasteiger partial charge in [0.05, 0.1) is 13.2 Å². The van der Waals surface area contributed by atoms with Gasteiger partial charge in [0.1, 0.15) is 0 Å². The fourth-order valence-corrected chi connectivity index (χ4v) is 1.56. The Kier molecular flexibility index (Phi) is 1.03. The van der Waals surface area contributed by atoms with Crippen LogP contribution in [-0.4, -0.2) is 13.2 Å². The van der Waals surface area contributed by atoms with Crippen molar-refractivity contribution in [1.82, 2.24) is 0 Å². The average Bonchev–Trinajstić information content (AvgIpc) is 2.30. The average molecular weight is 133 g/mol. The van der Waals surface area contributed by atoms with Gasteiger partial charge in [-0.1, -0.05) is 0 Å². The van der Waals surface area contributed by atoms with E-state index < -0.39 is 12.3 Å². The molecule has 1 saturated carbocycles. The summed E-state index contributed by atoms with van der Waals surface area (Å²) in [6.45, 7) is 1.10. The molecule has 1 radical (unpaired) electrons. The summed E-state index contributed by atoms with van der Waals surface area (Å²) in [5.74, 6) is -0.0799. The molecule has 0 aromatic carbocycles. The van der Waals surface area contributed by atoms with Crippen molar-refractivity contribution in [2.75, 3.05) is 13.2 Å². The Morgan fingerprint density at radius 2 is 1.78 bits per heavy atom. The van der Waals surface area contributed by atoms with Crippen LogP contribution in [0.4, 0.5) is 8.78 Å². The molecule has 2 atom stereocenters. The van der Waals surface area contributed by atoms with Crippen molar-refractivity contribution in [3.63, 3.8) is 0 Å². The summed E-state index contributed by atoms with van der Waals surface area (Å²) >= 11 is 0. The van der Waals surface area contributed by atoms with Crippen molar-refractivity contribution in [1.29, 1.82) is 0 Å². The maximum absolute atomic E-state index is 11.8. The van der Waals surface area contributed by atoms with Crippen LogP contribution in [0.15, 0.2) is 0 Å². The van der Waals surface area contributed by atoms with Crippen molar-refractivity contribution in [2.24, 2.45) is 17.8 Å². The summed E-state index contributed by atoms with van der Waals surface area (Å²) in [5.41, 5.74) is 0. The maximum atomic E-state index is 11.8. The lowest BCUT2D eigenvalue weighted by atomic mass is 10.3. The van der Waals surface area contributed by atoms with Gasteiger partial charge in [-0.3, -0.25) is 0 Å². The standard InChI is InChI=1S/C6H7F2O/c7-6(8)5-3-1-9-2-4(3)5/h3-5H,1-2H2. The quantitative estimate of drug-likeness (QED) is 0.524. The summed E-state index contributed by atoms with van der Waals surface area (Å²) in [7, 11) is 0. The molecule has 2 fully saturated rings. The van der Waals surface area contributed by atoms with E-state index in [0.717, 1.165) is 0 Å². The lowest BCUT2D eigenvalue weighted by Gasteiger charge is -1.98. The molecule has 9 heavy (non-hydrogen) atoms. The number of fused-ring (bicyclic) bond motifs is 1. The predicted molar refractivity (Wildman–Crippen MR) is 26.7 cm³/mol. The van der Waals surface area contributed by atoms with Gasteiger partial charge in [-0.05, 0) is 11.8 Å². The highest BCUT2D eigenvalue weighted by atomic mass is 19.3. The third-order valence-electron chi connectivity index (χ3n) is 2.20. The van der Waals surface area contributed by atoms with E-state index in [9.17, 15) is 8.78 Å². The molecule has 2 unspecified atom stereocenters. The van der Waals surface area contributed by atoms with Crippen molar-refractivity contribution < 1.29 is 13.5 Å². The zero-order chi connectivity index (χ0) is 6.43. The molecule has 0 aromatic rings. The Bertz CT molecular complexity index is 116. The van der Waals surface area contributed by atoms with Crippen LogP contribution < -0.4 is 0 Å². The van der Waals surface area contributed by atoms with E-state index >= 15 is 0 Å². The van der Waals surface area contributed by atoms with Crippen LogP contribution >= 0.6 is 0 Å². The molecule has 2 aliphatic rings. The fraction of sp³-hybridized carbons (Fsp3) is 0.833. The van der Waals surface area contributed by atoms with Crippen LogP contribution in [0.1, 0.15) is 0 Å². The number of hydrogen-bond acceptors (Lipinski definition) is 1. The Balaban J connectivity index is 1.94. The van der Waals surface area contributed by atoms with Crippen LogP contribution in [-0.2, 0) is 4.74 Å². The van der Waals surface area contributed by atoms with Crippen molar-refractivity contribution in [3.8, 4) is 0 Å². The molecule has 1 nitrogen and oxygen atoms in total. The molecule has 1 aliphatic heterocycles. The largest absolute Gasteiger partial charge is 0.381 e. The Hall–Kier alpha value is -0.180. The van der Waals surface area contributed by atoms with Crippen molar-refractivity contribution in [2.45, 2.75) is 0 Å². The zero-order valence-electron chi connectivity index (χ0n) is 4.81. The molecule has 0 amide bonds. The third kappa shape index (κ3) is 0.674. The van der Waals surface area contributed by atoms with Gasteiger partial charge in [-0.2, -0.15) is 8.78 Å². The molecule has 3 heteroatoms. The first-order valence-electron chi connectivity index (χ1n) is 3.06. The minimum Gasteiger partial charge on any atom is -0.381 e. The second kappa shape index (κ2) is 1.66. The molecule has 1 heterocycles. The fourth-order valence-electron chi connectivity index (χ4n) is 1.56. The number of halogens is 2. The third-order valence-corrected chi connectivity index (χ3v) is 2.20. The smallest absolute Gasteiger partial charge is 0.314 e. The minimum absolute atomic E-state index is 0.162. The van der Waals surface area contributed by atoms with E-state index in [2.05, 4.69) is 0 Å². The van der Waals surface area contributed by atoms with Crippen LogP contribution in [0.2, 0.25) is 0 Å². The minimum atomic E-state index is -1.40. The Morgan fingerprint density at radius 1 is 1.22 bits per heavy atom. The number of rotatable bonds is 1. The molecule has 0 bridgehead atoms. The van der Waals surface area contributed by atoms with E-state index in [1.54, 1.807) is 0 Å². The van der Waals surface area contributed by atoms with Gasteiger partial charge in [0.2, 0.25) is 0 Å². The lowest BCUT2D eigenvalue weighted by Crippen LogP contribution is -2.00. The summed E-state index contributed by atoms with van der Waals surface area (Å²) in [4.78, 5) is 0. The van der Waals surface area contributed by atoms with E-state index in [4.69, 9.17) is 4.74 Å². The van der Waals surface area contributed by atoms with Gasteiger partial charge in [0.15, 0.2) is 0 Å². The monoisotopic (exact) mass is 133 g/mol. The highest BCUT2D eigenvalue weighted by Crippen LogP contribution is 2.56. The summed E-state index contributed by atoms with van der Waals surface area (Å²) in [6, 6.07) is 0. The van der Waals surface area contributed by atoms with Gasteiger partial charge in [-0.25, -0.2) is 0 Å². The van der Waals surface area contributed by atoms with Gasteiger partial charge >= 0.3 is 6.43 Å². The topological polar surface area (TPSA) is 9.23 Å². The van der Waals surface area contributed by atoms with Gasteiger partial charge in [-0.15, -0.1) is 0 Å². The van der Waals surface area contributed by atoms with E-state index in [1.807, 2.05) is 0 Å². The van der Waals surface area contributed by atoms with Gasteiger partial charge in [0.25, 0.3) is 0 Å². The highest BCUT2D eigenvalue weighted by Gasteiger charge is 2.59. The lowest BCUT2D eigenvalue weighted by molar-refractivity contribution is 0.127. The molecular formula is C6H7F2O. The molecule has 1 aliphatic carbocycles. The first-order valence-corrected chi connectivity index (χ1v) is 3.06. The summed E-state index contributed by atoms with van der Waals surface area (Å²) in [5, 5.41) is 0. The molecule has 51 valence electrons. The first kappa shape index (κ1) is 5.59. The van der Waals surface area contributed by atoms with Crippen LogP contribution in [0, 0.1) is 24.2 Å². The maximum Gasteiger partial charge on any atom is 0.314 e. The van der Waals surface area contributed by atoms with E-state index in [1.165, 1.54) is 0 Å². The molecule has 2 rings (SSSR count). The number of hydrogen-bond donors (Lipinski definition) is 0. The first-order chi connectivity index (χ1) is 4.30. The number of ether oxygens (including phenoxy) is 1. The van der Waals surface area contributed by atoms with Crippen LogP contribution in [0.5, 0.6) is 0 Å². The van der Waals surface area contributed by atoms with Crippen molar-refractivity contribution >= 4 is 0 Å². The summed E-state index contributed by atoms with van der Waals surface area (Å²) in [6.07, 6.45) is -1.40. The second-order valence-electron chi connectivity index (χ2n) is 2.68. The Labute approximate surface area is 52.0 Å². The van der Waals surface area contributed by atoms with Crippen LogP contribution in [0.25, 0.3) is 0 Å². The molecule has 0 N–H and O–H groups in total. The normalized spacial score (nSPS) is 47.7. The van der Waals surface area contributed by atoms with Crippen LogP contribution in [0.3, 0.4) is 0 Å². The van der Waals surface area contributed by atoms with E-state index in [-0.39, 0.29) is 11.8 Å². The Morgan fingerprint density at radius 3 is 2.11 bits per heavy atom. The predicted octanol–water partition coefficient (Wildman–Crippen LogP) is 1.31. The van der Waals surface area contributed by atoms with Gasteiger partial charge < -0.3 is 4.74 Å². The highest BCUT2D eigenvalue weighted by molar-refractivity contribution is 5.06. The van der Waals surface area contributed by atoms with Gasteiger partial charge in [0, 0.05) is 5.92 Å². The molecule has 0 spiro atoms. The zero-order valence-corrected chi connectivity index (χ0v) is 4.81. The van der Waals surface area contributed by atoms with E-state index in [0.29, 0.717) is 13.2 Å². The molecule has 1 saturated heterocycles. The SMILES string of the molecule is F[C](F)C1C2COCC21. The van der Waals surface area contributed by atoms with Crippen molar-refractivity contribution in [3.05, 3.63) is 6.43 Å². The second-order valence-corrected chi connectivity index (χ2v) is 2.68.